The number of hydrogen-bond donors (Lipinski definition) is 0. The van der Waals surface area contributed by atoms with Gasteiger partial charge >= 0.3 is 0 Å². The lowest BCUT2D eigenvalue weighted by molar-refractivity contribution is 0.253. The van der Waals surface area contributed by atoms with E-state index in [1.165, 1.54) is 12.8 Å². The minimum absolute atomic E-state index is 0.334. The lowest BCUT2D eigenvalue weighted by Crippen LogP contribution is -1.97. The second-order valence-corrected chi connectivity index (χ2v) is 5.78. The average Bonchev–Trinajstić information content (AvgIpc) is 3.18. The summed E-state index contributed by atoms with van der Waals surface area (Å²) in [7, 11) is 0. The zero-order valence-electron chi connectivity index (χ0n) is 10.8. The lowest BCUT2D eigenvalue weighted by Gasteiger charge is -2.08. The normalized spacial score (nSPS) is 14.6. The number of hydrogen-bond acceptors (Lipinski definition) is 5. The van der Waals surface area contributed by atoms with Crippen molar-refractivity contribution in [2.75, 3.05) is 5.75 Å². The van der Waals surface area contributed by atoms with Crippen molar-refractivity contribution in [2.45, 2.75) is 37.2 Å². The third kappa shape index (κ3) is 3.10. The van der Waals surface area contributed by atoms with Gasteiger partial charge in [-0.2, -0.15) is 0 Å². The van der Waals surface area contributed by atoms with Gasteiger partial charge in [-0.05, 0) is 30.7 Å². The van der Waals surface area contributed by atoms with Gasteiger partial charge in [0, 0.05) is 10.8 Å². The van der Waals surface area contributed by atoms with Crippen LogP contribution in [0.15, 0.2) is 33.6 Å². The van der Waals surface area contributed by atoms with Crippen molar-refractivity contribution < 1.29 is 9.15 Å². The van der Waals surface area contributed by atoms with Crippen LogP contribution in [0.25, 0.3) is 0 Å². The molecule has 1 aliphatic carbocycles. The number of thioether (sulfide) groups is 1. The Bertz CT molecular complexity index is 552. The summed E-state index contributed by atoms with van der Waals surface area (Å²) in [6.45, 7) is 2.46. The number of rotatable bonds is 6. The number of para-hydroxylation sites is 1. The molecular weight excluding hydrogens is 260 g/mol. The summed E-state index contributed by atoms with van der Waals surface area (Å²) >= 11 is 1.77. The number of nitrogens with zero attached hydrogens (tertiary/aromatic N) is 2. The third-order valence-corrected chi connectivity index (χ3v) is 3.85. The van der Waals surface area contributed by atoms with E-state index in [1.807, 2.05) is 18.2 Å². The molecule has 1 aliphatic rings. The van der Waals surface area contributed by atoms with Gasteiger partial charge in [-0.1, -0.05) is 19.1 Å². The minimum Gasteiger partial charge on any atom is -0.483 e. The maximum absolute atomic E-state index is 5.77. The Balaban J connectivity index is 1.64. The minimum atomic E-state index is 0.334. The van der Waals surface area contributed by atoms with E-state index in [2.05, 4.69) is 23.2 Å². The highest BCUT2D eigenvalue weighted by Crippen LogP contribution is 2.39. The molecule has 2 aromatic rings. The molecule has 0 N–H and O–H groups in total. The summed E-state index contributed by atoms with van der Waals surface area (Å²) in [4.78, 5) is 1.15. The molecular formula is C14H16N2O2S. The fourth-order valence-electron chi connectivity index (χ4n) is 1.80. The van der Waals surface area contributed by atoms with Crippen LogP contribution in [0, 0.1) is 0 Å². The van der Waals surface area contributed by atoms with Crippen LogP contribution in [0.5, 0.6) is 5.75 Å². The lowest BCUT2D eigenvalue weighted by atomic mass is 10.3. The van der Waals surface area contributed by atoms with Crippen molar-refractivity contribution in [3.8, 4) is 5.75 Å². The molecule has 5 heteroatoms. The summed E-state index contributed by atoms with van der Waals surface area (Å²) in [5, 5.41) is 8.07. The molecule has 0 saturated heterocycles. The van der Waals surface area contributed by atoms with Gasteiger partial charge in [-0.25, -0.2) is 0 Å². The molecule has 0 unspecified atom stereocenters. The first-order valence-corrected chi connectivity index (χ1v) is 7.52. The number of aromatic nitrogens is 2. The monoisotopic (exact) mass is 276 g/mol. The van der Waals surface area contributed by atoms with Crippen LogP contribution in [0.3, 0.4) is 0 Å². The molecule has 0 atom stereocenters. The van der Waals surface area contributed by atoms with Crippen LogP contribution in [-0.4, -0.2) is 16.0 Å². The molecule has 0 amide bonds. The van der Waals surface area contributed by atoms with Crippen LogP contribution in [-0.2, 0) is 6.61 Å². The Morgan fingerprint density at radius 3 is 2.95 bits per heavy atom. The molecule has 3 rings (SSSR count). The maximum atomic E-state index is 5.77. The van der Waals surface area contributed by atoms with E-state index >= 15 is 0 Å². The molecule has 1 aromatic heterocycles. The fourth-order valence-corrected chi connectivity index (χ4v) is 2.56. The highest BCUT2D eigenvalue weighted by molar-refractivity contribution is 7.99. The van der Waals surface area contributed by atoms with Gasteiger partial charge < -0.3 is 9.15 Å². The van der Waals surface area contributed by atoms with Gasteiger partial charge in [0.2, 0.25) is 5.89 Å². The first-order chi connectivity index (χ1) is 9.36. The molecule has 0 aliphatic heterocycles. The Kier molecular flexibility index (Phi) is 3.73. The SMILES string of the molecule is CCSc1ccccc1OCc1nnc(C2CC2)o1. The second kappa shape index (κ2) is 5.65. The molecule has 1 aromatic carbocycles. The summed E-state index contributed by atoms with van der Waals surface area (Å²) in [6.07, 6.45) is 2.33. The van der Waals surface area contributed by atoms with Crippen molar-refractivity contribution >= 4 is 11.8 Å². The van der Waals surface area contributed by atoms with Crippen LogP contribution < -0.4 is 4.74 Å². The summed E-state index contributed by atoms with van der Waals surface area (Å²) in [6, 6.07) is 8.02. The van der Waals surface area contributed by atoms with Crippen molar-refractivity contribution in [1.82, 2.24) is 10.2 Å². The zero-order valence-corrected chi connectivity index (χ0v) is 11.7. The van der Waals surface area contributed by atoms with Crippen LogP contribution in [0.4, 0.5) is 0 Å². The van der Waals surface area contributed by atoms with Crippen LogP contribution in [0.1, 0.15) is 37.5 Å². The predicted octanol–water partition coefficient (Wildman–Crippen LogP) is 3.64. The molecule has 0 radical (unpaired) electrons. The molecule has 1 heterocycles. The zero-order chi connectivity index (χ0) is 13.1. The molecule has 1 fully saturated rings. The molecule has 4 nitrogen and oxygen atoms in total. The molecule has 0 bridgehead atoms. The Morgan fingerprint density at radius 2 is 2.16 bits per heavy atom. The molecule has 100 valence electrons. The standard InChI is InChI=1S/C14H16N2O2S/c1-2-19-12-6-4-3-5-11(12)17-9-13-15-16-14(18-13)10-7-8-10/h3-6,10H,2,7-9H2,1H3. The first-order valence-electron chi connectivity index (χ1n) is 6.53. The van der Waals surface area contributed by atoms with Gasteiger partial charge in [0.1, 0.15) is 5.75 Å². The predicted molar refractivity (Wildman–Crippen MR) is 73.4 cm³/mol. The highest BCUT2D eigenvalue weighted by Gasteiger charge is 2.29. The van der Waals surface area contributed by atoms with E-state index in [9.17, 15) is 0 Å². The van der Waals surface area contributed by atoms with Gasteiger partial charge in [-0.15, -0.1) is 22.0 Å². The molecule has 0 spiro atoms. The van der Waals surface area contributed by atoms with Crippen molar-refractivity contribution in [3.05, 3.63) is 36.0 Å². The van der Waals surface area contributed by atoms with E-state index in [4.69, 9.17) is 9.15 Å². The highest BCUT2D eigenvalue weighted by atomic mass is 32.2. The van der Waals surface area contributed by atoms with Gasteiger partial charge in [-0.3, -0.25) is 0 Å². The summed E-state index contributed by atoms with van der Waals surface area (Å²) < 4.78 is 11.3. The second-order valence-electron chi connectivity index (χ2n) is 4.48. The smallest absolute Gasteiger partial charge is 0.253 e. The van der Waals surface area contributed by atoms with E-state index < -0.39 is 0 Å². The number of benzene rings is 1. The quantitative estimate of drug-likeness (QED) is 0.754. The largest absolute Gasteiger partial charge is 0.483 e. The van der Waals surface area contributed by atoms with Crippen molar-refractivity contribution in [3.63, 3.8) is 0 Å². The van der Waals surface area contributed by atoms with E-state index in [-0.39, 0.29) is 0 Å². The Hall–Kier alpha value is -1.49. The van der Waals surface area contributed by atoms with Gasteiger partial charge in [0.25, 0.3) is 5.89 Å². The third-order valence-electron chi connectivity index (χ3n) is 2.91. The summed E-state index contributed by atoms with van der Waals surface area (Å²) in [5.74, 6) is 3.70. The van der Waals surface area contributed by atoms with Crippen molar-refractivity contribution in [1.29, 1.82) is 0 Å². The summed E-state index contributed by atoms with van der Waals surface area (Å²) in [5.41, 5.74) is 0. The van der Waals surface area contributed by atoms with Gasteiger partial charge in [0.05, 0.1) is 0 Å². The van der Waals surface area contributed by atoms with E-state index in [0.29, 0.717) is 18.4 Å². The molecule has 1 saturated carbocycles. The Morgan fingerprint density at radius 1 is 1.32 bits per heavy atom. The van der Waals surface area contributed by atoms with Crippen LogP contribution >= 0.6 is 11.8 Å². The topological polar surface area (TPSA) is 48.2 Å². The first kappa shape index (κ1) is 12.5. The van der Waals surface area contributed by atoms with E-state index in [0.717, 1.165) is 22.3 Å². The fraction of sp³-hybridized carbons (Fsp3) is 0.429. The average molecular weight is 276 g/mol. The Labute approximate surface area is 116 Å². The maximum Gasteiger partial charge on any atom is 0.253 e. The van der Waals surface area contributed by atoms with E-state index in [1.54, 1.807) is 11.8 Å². The molecule has 19 heavy (non-hydrogen) atoms. The number of ether oxygens (including phenoxy) is 1. The van der Waals surface area contributed by atoms with Gasteiger partial charge in [0.15, 0.2) is 6.61 Å². The van der Waals surface area contributed by atoms with Crippen molar-refractivity contribution in [2.24, 2.45) is 0 Å². The van der Waals surface area contributed by atoms with Crippen LogP contribution in [0.2, 0.25) is 0 Å².